The van der Waals surface area contributed by atoms with E-state index in [0.717, 1.165) is 22.0 Å². The third kappa shape index (κ3) is 2.91. The number of anilines is 1. The van der Waals surface area contributed by atoms with Crippen LogP contribution in [-0.4, -0.2) is 10.5 Å². The summed E-state index contributed by atoms with van der Waals surface area (Å²) >= 11 is 1.41. The molecule has 0 radical (unpaired) electrons. The van der Waals surface area contributed by atoms with E-state index in [1.54, 1.807) is 0 Å². The number of aromatic nitrogens is 1. The Hall–Kier alpha value is -2.58. The maximum Gasteiger partial charge on any atom is 0.273 e. The van der Waals surface area contributed by atoms with Crippen molar-refractivity contribution in [2.24, 2.45) is 0 Å². The van der Waals surface area contributed by atoms with Crippen molar-refractivity contribution in [3.63, 3.8) is 0 Å². The molecule has 2 heterocycles. The highest BCUT2D eigenvalue weighted by Crippen LogP contribution is 2.36. The third-order valence-corrected chi connectivity index (χ3v) is 5.59. The van der Waals surface area contributed by atoms with E-state index < -0.39 is 0 Å². The van der Waals surface area contributed by atoms with E-state index in [1.165, 1.54) is 11.3 Å². The fraction of sp³-hybridized carbons (Fsp3) is 0.333. The van der Waals surface area contributed by atoms with Gasteiger partial charge in [-0.3, -0.25) is 4.79 Å². The molecule has 0 bridgehead atoms. The summed E-state index contributed by atoms with van der Waals surface area (Å²) in [7, 11) is 0. The topological polar surface area (TPSA) is 57.8 Å². The number of hydrogen-bond acceptors (Lipinski definition) is 3. The van der Waals surface area contributed by atoms with Gasteiger partial charge < -0.3 is 9.88 Å². The summed E-state index contributed by atoms with van der Waals surface area (Å²) in [6.45, 7) is 10.9. The van der Waals surface area contributed by atoms with Crippen molar-refractivity contribution in [2.75, 3.05) is 5.32 Å². The van der Waals surface area contributed by atoms with E-state index in [4.69, 9.17) is 0 Å². The standard InChI is InChI=1S/C21H23N3OS/c1-6-24-17-10-8-7-9-14(17)13(2)18(24)19(25)23-20-15(11-22)16(12-26-20)21(3,4)5/h7-10,12H,6H2,1-5H3,(H,23,25). The van der Waals surface area contributed by atoms with Crippen molar-refractivity contribution in [1.29, 1.82) is 5.26 Å². The molecule has 4 nitrogen and oxygen atoms in total. The predicted octanol–water partition coefficient (Wildman–Crippen LogP) is 5.45. The number of hydrogen-bond donors (Lipinski definition) is 1. The van der Waals surface area contributed by atoms with Crippen LogP contribution in [0.4, 0.5) is 5.00 Å². The van der Waals surface area contributed by atoms with Crippen LogP contribution < -0.4 is 5.32 Å². The van der Waals surface area contributed by atoms with Crippen LogP contribution in [0.1, 0.15) is 54.9 Å². The summed E-state index contributed by atoms with van der Waals surface area (Å²) in [5.74, 6) is -0.167. The summed E-state index contributed by atoms with van der Waals surface area (Å²) in [5.41, 5.74) is 4.06. The first-order valence-corrected chi connectivity index (χ1v) is 9.58. The van der Waals surface area contributed by atoms with Gasteiger partial charge in [0.05, 0.1) is 5.56 Å². The number of para-hydroxylation sites is 1. The fourth-order valence-corrected chi connectivity index (χ4v) is 4.51. The van der Waals surface area contributed by atoms with Crippen LogP contribution >= 0.6 is 11.3 Å². The molecule has 2 aromatic heterocycles. The van der Waals surface area contributed by atoms with Gasteiger partial charge in [-0.15, -0.1) is 11.3 Å². The van der Waals surface area contributed by atoms with Crippen LogP contribution in [0.3, 0.4) is 0 Å². The van der Waals surface area contributed by atoms with Gasteiger partial charge in [-0.25, -0.2) is 0 Å². The van der Waals surface area contributed by atoms with Crippen LogP contribution in [0, 0.1) is 18.3 Å². The molecule has 1 amide bonds. The van der Waals surface area contributed by atoms with Gasteiger partial charge in [0.15, 0.2) is 0 Å². The maximum absolute atomic E-state index is 13.1. The number of fused-ring (bicyclic) bond motifs is 1. The van der Waals surface area contributed by atoms with Crippen LogP contribution in [0.5, 0.6) is 0 Å². The van der Waals surface area contributed by atoms with Gasteiger partial charge in [-0.1, -0.05) is 39.0 Å². The molecule has 5 heteroatoms. The Morgan fingerprint density at radius 3 is 2.62 bits per heavy atom. The number of nitrogens with zero attached hydrogens (tertiary/aromatic N) is 2. The lowest BCUT2D eigenvalue weighted by Gasteiger charge is -2.17. The Labute approximate surface area is 158 Å². The van der Waals surface area contributed by atoms with Crippen LogP contribution in [0.15, 0.2) is 29.6 Å². The first-order chi connectivity index (χ1) is 12.3. The van der Waals surface area contributed by atoms with E-state index in [1.807, 2.05) is 48.1 Å². The first-order valence-electron chi connectivity index (χ1n) is 8.70. The molecule has 134 valence electrons. The van der Waals surface area contributed by atoms with Crippen molar-refractivity contribution in [3.05, 3.63) is 52.0 Å². The summed E-state index contributed by atoms with van der Waals surface area (Å²) in [5, 5.41) is 16.3. The number of nitrogens with one attached hydrogen (secondary N) is 1. The molecule has 3 aromatic rings. The Bertz CT molecular complexity index is 1030. The maximum atomic E-state index is 13.1. The number of nitriles is 1. The molecule has 0 atom stereocenters. The zero-order chi connectivity index (χ0) is 19.1. The molecule has 0 saturated carbocycles. The van der Waals surface area contributed by atoms with Gasteiger partial charge >= 0.3 is 0 Å². The van der Waals surface area contributed by atoms with Crippen LogP contribution in [0.25, 0.3) is 10.9 Å². The fourth-order valence-electron chi connectivity index (χ4n) is 3.37. The van der Waals surface area contributed by atoms with Crippen molar-refractivity contribution in [1.82, 2.24) is 4.57 Å². The molecule has 0 aliphatic rings. The molecule has 0 spiro atoms. The summed E-state index contributed by atoms with van der Waals surface area (Å²) < 4.78 is 2.03. The molecule has 0 aliphatic carbocycles. The molecule has 0 fully saturated rings. The Morgan fingerprint density at radius 1 is 1.31 bits per heavy atom. The molecule has 26 heavy (non-hydrogen) atoms. The van der Waals surface area contributed by atoms with Crippen molar-refractivity contribution in [2.45, 2.75) is 46.6 Å². The number of carbonyl (C=O) groups excluding carboxylic acids is 1. The quantitative estimate of drug-likeness (QED) is 0.670. The summed E-state index contributed by atoms with van der Waals surface area (Å²) in [6.07, 6.45) is 0. The predicted molar refractivity (Wildman–Crippen MR) is 108 cm³/mol. The molecular formula is C21H23N3OS. The van der Waals surface area contributed by atoms with E-state index in [0.29, 0.717) is 22.8 Å². The average Bonchev–Trinajstić information content (AvgIpc) is 3.13. The molecule has 3 rings (SSSR count). The zero-order valence-corrected chi connectivity index (χ0v) is 16.6. The number of benzene rings is 1. The van der Waals surface area contributed by atoms with E-state index in [9.17, 15) is 10.1 Å². The third-order valence-electron chi connectivity index (χ3n) is 4.69. The minimum Gasteiger partial charge on any atom is -0.337 e. The monoisotopic (exact) mass is 365 g/mol. The molecule has 0 saturated heterocycles. The van der Waals surface area contributed by atoms with Crippen LogP contribution in [0.2, 0.25) is 0 Å². The largest absolute Gasteiger partial charge is 0.337 e. The van der Waals surface area contributed by atoms with Crippen molar-refractivity contribution >= 4 is 33.1 Å². The summed E-state index contributed by atoms with van der Waals surface area (Å²) in [4.78, 5) is 13.1. The van der Waals surface area contributed by atoms with E-state index >= 15 is 0 Å². The second kappa shape index (κ2) is 6.62. The van der Waals surface area contributed by atoms with Gasteiger partial charge in [-0.05, 0) is 41.8 Å². The smallest absolute Gasteiger partial charge is 0.273 e. The molecular weight excluding hydrogens is 342 g/mol. The SMILES string of the molecule is CCn1c(C(=O)Nc2scc(C(C)(C)C)c2C#N)c(C)c2ccccc21. The Balaban J connectivity index is 2.05. The normalized spacial score (nSPS) is 11.5. The van der Waals surface area contributed by atoms with Gasteiger partial charge in [0.2, 0.25) is 0 Å². The lowest BCUT2D eigenvalue weighted by molar-refractivity contribution is 0.101. The van der Waals surface area contributed by atoms with Gasteiger partial charge in [0.25, 0.3) is 5.91 Å². The number of rotatable bonds is 3. The number of thiophene rings is 1. The van der Waals surface area contributed by atoms with E-state index in [-0.39, 0.29) is 11.3 Å². The second-order valence-electron chi connectivity index (χ2n) is 7.40. The molecule has 1 aromatic carbocycles. The van der Waals surface area contributed by atoms with E-state index in [2.05, 4.69) is 32.2 Å². The lowest BCUT2D eigenvalue weighted by Crippen LogP contribution is -2.18. The Morgan fingerprint density at radius 2 is 2.00 bits per heavy atom. The first kappa shape index (κ1) is 18.2. The van der Waals surface area contributed by atoms with Gasteiger partial charge in [0, 0.05) is 17.4 Å². The second-order valence-corrected chi connectivity index (χ2v) is 8.28. The van der Waals surface area contributed by atoms with Crippen LogP contribution in [-0.2, 0) is 12.0 Å². The number of aryl methyl sites for hydroxylation is 2. The number of amides is 1. The minimum atomic E-state index is -0.167. The number of carbonyl (C=O) groups is 1. The summed E-state index contributed by atoms with van der Waals surface area (Å²) in [6, 6.07) is 10.3. The average molecular weight is 366 g/mol. The molecule has 0 aliphatic heterocycles. The highest BCUT2D eigenvalue weighted by molar-refractivity contribution is 7.14. The minimum absolute atomic E-state index is 0.140. The molecule has 1 N–H and O–H groups in total. The highest BCUT2D eigenvalue weighted by Gasteiger charge is 2.25. The lowest BCUT2D eigenvalue weighted by atomic mass is 9.86. The van der Waals surface area contributed by atoms with Crippen molar-refractivity contribution < 1.29 is 4.79 Å². The molecule has 0 unspecified atom stereocenters. The van der Waals surface area contributed by atoms with Gasteiger partial charge in [-0.2, -0.15) is 5.26 Å². The highest BCUT2D eigenvalue weighted by atomic mass is 32.1. The Kier molecular flexibility index (Phi) is 4.64. The zero-order valence-electron chi connectivity index (χ0n) is 15.8. The van der Waals surface area contributed by atoms with Crippen molar-refractivity contribution in [3.8, 4) is 6.07 Å². The van der Waals surface area contributed by atoms with Gasteiger partial charge in [0.1, 0.15) is 16.8 Å².